The minimum atomic E-state index is 0. The van der Waals surface area contributed by atoms with Crippen molar-refractivity contribution in [1.29, 1.82) is 5.26 Å². The lowest BCUT2D eigenvalue weighted by atomic mass is 10.1. The van der Waals surface area contributed by atoms with E-state index in [4.69, 9.17) is 5.26 Å². The van der Waals surface area contributed by atoms with E-state index in [0.717, 1.165) is 31.0 Å². The van der Waals surface area contributed by atoms with E-state index >= 15 is 0 Å². The lowest BCUT2D eigenvalue weighted by molar-refractivity contribution is 0.648. The third kappa shape index (κ3) is 5.86. The van der Waals surface area contributed by atoms with Crippen molar-refractivity contribution in [3.8, 4) is 6.07 Å². The molecule has 1 fully saturated rings. The van der Waals surface area contributed by atoms with Gasteiger partial charge in [-0.1, -0.05) is 29.8 Å². The molecular formula is C21H26IN5. The molecule has 1 heterocycles. The number of hydrogen-bond acceptors (Lipinski definition) is 3. The van der Waals surface area contributed by atoms with Gasteiger partial charge in [0.1, 0.15) is 0 Å². The second-order valence-electron chi connectivity index (χ2n) is 6.65. The number of aryl methyl sites for hydroxylation is 1. The van der Waals surface area contributed by atoms with Crippen LogP contribution in [0.2, 0.25) is 0 Å². The van der Waals surface area contributed by atoms with Crippen molar-refractivity contribution >= 4 is 35.6 Å². The van der Waals surface area contributed by atoms with Crippen molar-refractivity contribution in [2.45, 2.75) is 25.9 Å². The number of rotatable bonds is 4. The highest BCUT2D eigenvalue weighted by atomic mass is 127. The molecule has 0 saturated carbocycles. The quantitative estimate of drug-likeness (QED) is 0.404. The van der Waals surface area contributed by atoms with Gasteiger partial charge in [0, 0.05) is 38.4 Å². The Morgan fingerprint density at radius 3 is 2.52 bits per heavy atom. The van der Waals surface area contributed by atoms with Gasteiger partial charge < -0.3 is 15.5 Å². The average Bonchev–Trinajstić information content (AvgIpc) is 3.14. The average molecular weight is 475 g/mol. The molecule has 0 aromatic heterocycles. The van der Waals surface area contributed by atoms with Crippen molar-refractivity contribution in [3.63, 3.8) is 0 Å². The summed E-state index contributed by atoms with van der Waals surface area (Å²) < 4.78 is 0. The summed E-state index contributed by atoms with van der Waals surface area (Å²) in [5.74, 6) is 0.810. The first-order valence-corrected chi connectivity index (χ1v) is 8.96. The van der Waals surface area contributed by atoms with Gasteiger partial charge in [0.05, 0.1) is 11.6 Å². The van der Waals surface area contributed by atoms with Crippen LogP contribution in [0.3, 0.4) is 0 Å². The zero-order chi connectivity index (χ0) is 18.4. The lowest BCUT2D eigenvalue weighted by Gasteiger charge is -2.20. The molecule has 2 N–H and O–H groups in total. The molecule has 0 aliphatic carbocycles. The maximum absolute atomic E-state index is 8.86. The van der Waals surface area contributed by atoms with Crippen LogP contribution in [0, 0.1) is 18.3 Å². The van der Waals surface area contributed by atoms with Crippen LogP contribution in [-0.4, -0.2) is 32.1 Å². The van der Waals surface area contributed by atoms with Crippen LogP contribution in [0.1, 0.15) is 23.1 Å². The molecule has 0 amide bonds. The fourth-order valence-corrected chi connectivity index (χ4v) is 3.14. The number of anilines is 1. The van der Waals surface area contributed by atoms with E-state index in [0.29, 0.717) is 18.2 Å². The van der Waals surface area contributed by atoms with Crippen molar-refractivity contribution in [3.05, 3.63) is 65.2 Å². The molecule has 1 aliphatic rings. The summed E-state index contributed by atoms with van der Waals surface area (Å²) in [4.78, 5) is 6.74. The van der Waals surface area contributed by atoms with Crippen molar-refractivity contribution in [2.24, 2.45) is 4.99 Å². The highest BCUT2D eigenvalue weighted by molar-refractivity contribution is 14.0. The monoisotopic (exact) mass is 475 g/mol. The summed E-state index contributed by atoms with van der Waals surface area (Å²) in [6, 6.07) is 18.8. The highest BCUT2D eigenvalue weighted by Crippen LogP contribution is 2.20. The van der Waals surface area contributed by atoms with E-state index in [2.05, 4.69) is 57.8 Å². The molecule has 0 bridgehead atoms. The molecule has 0 spiro atoms. The maximum atomic E-state index is 8.86. The largest absolute Gasteiger partial charge is 0.369 e. The molecule has 2 aromatic carbocycles. The minimum absolute atomic E-state index is 0. The third-order valence-corrected chi connectivity index (χ3v) is 4.69. The Morgan fingerprint density at radius 2 is 1.89 bits per heavy atom. The molecule has 0 radical (unpaired) electrons. The molecule has 1 unspecified atom stereocenters. The molecule has 142 valence electrons. The number of nitriles is 1. The highest BCUT2D eigenvalue weighted by Gasteiger charge is 2.23. The van der Waals surface area contributed by atoms with Gasteiger partial charge in [-0.05, 0) is 43.2 Å². The first-order valence-electron chi connectivity index (χ1n) is 8.96. The Kier molecular flexibility index (Phi) is 7.92. The standard InChI is InChI=1S/C21H25N5.HI/c1-16-3-9-20(10-4-16)26-12-11-19(15-26)25-21(23-2)24-14-18-7-5-17(13-22)6-8-18;/h3-10,19H,11-12,14-15H2,1-2H3,(H2,23,24,25);1H. The number of guanidine groups is 1. The van der Waals surface area contributed by atoms with Crippen LogP contribution < -0.4 is 15.5 Å². The number of halogens is 1. The fourth-order valence-electron chi connectivity index (χ4n) is 3.14. The molecule has 1 aliphatic heterocycles. The van der Waals surface area contributed by atoms with Gasteiger partial charge in [0.15, 0.2) is 5.96 Å². The van der Waals surface area contributed by atoms with E-state index in [1.54, 1.807) is 7.05 Å². The van der Waals surface area contributed by atoms with E-state index < -0.39 is 0 Å². The second-order valence-corrected chi connectivity index (χ2v) is 6.65. The van der Waals surface area contributed by atoms with Gasteiger partial charge in [-0.15, -0.1) is 24.0 Å². The van der Waals surface area contributed by atoms with E-state index in [-0.39, 0.29) is 24.0 Å². The van der Waals surface area contributed by atoms with Crippen LogP contribution in [-0.2, 0) is 6.54 Å². The maximum Gasteiger partial charge on any atom is 0.191 e. The van der Waals surface area contributed by atoms with E-state index in [1.165, 1.54) is 11.3 Å². The van der Waals surface area contributed by atoms with Gasteiger partial charge in [-0.3, -0.25) is 4.99 Å². The summed E-state index contributed by atoms with van der Waals surface area (Å²) in [6.45, 7) is 4.81. The lowest BCUT2D eigenvalue weighted by Crippen LogP contribution is -2.44. The summed E-state index contributed by atoms with van der Waals surface area (Å²) >= 11 is 0. The predicted octanol–water partition coefficient (Wildman–Crippen LogP) is 3.43. The smallest absolute Gasteiger partial charge is 0.191 e. The van der Waals surface area contributed by atoms with E-state index in [1.807, 2.05) is 24.3 Å². The zero-order valence-corrected chi connectivity index (χ0v) is 18.1. The van der Waals surface area contributed by atoms with Crippen molar-refractivity contribution in [1.82, 2.24) is 10.6 Å². The second kappa shape index (κ2) is 10.2. The van der Waals surface area contributed by atoms with Crippen molar-refractivity contribution in [2.75, 3.05) is 25.0 Å². The molecule has 3 rings (SSSR count). The van der Waals surface area contributed by atoms with Crippen LogP contribution >= 0.6 is 24.0 Å². The molecule has 1 saturated heterocycles. The van der Waals surface area contributed by atoms with Crippen molar-refractivity contribution < 1.29 is 0 Å². The van der Waals surface area contributed by atoms with Gasteiger partial charge in [-0.25, -0.2) is 0 Å². The first-order chi connectivity index (χ1) is 12.7. The van der Waals surface area contributed by atoms with Gasteiger partial charge in [0.25, 0.3) is 0 Å². The Hall–Kier alpha value is -2.27. The number of benzene rings is 2. The number of aliphatic imine (C=N–C) groups is 1. The van der Waals surface area contributed by atoms with Gasteiger partial charge >= 0.3 is 0 Å². The summed E-state index contributed by atoms with van der Waals surface area (Å²) in [5, 5.41) is 15.7. The Balaban J connectivity index is 0.00000261. The number of nitrogens with one attached hydrogen (secondary N) is 2. The summed E-state index contributed by atoms with van der Waals surface area (Å²) in [7, 11) is 1.79. The third-order valence-electron chi connectivity index (χ3n) is 4.69. The number of hydrogen-bond donors (Lipinski definition) is 2. The molecule has 27 heavy (non-hydrogen) atoms. The molecule has 1 atom stereocenters. The topological polar surface area (TPSA) is 63.5 Å². The molecular weight excluding hydrogens is 449 g/mol. The minimum Gasteiger partial charge on any atom is -0.369 e. The van der Waals surface area contributed by atoms with Crippen LogP contribution in [0.5, 0.6) is 0 Å². The van der Waals surface area contributed by atoms with Gasteiger partial charge in [0.2, 0.25) is 0 Å². The molecule has 6 heteroatoms. The summed E-state index contributed by atoms with van der Waals surface area (Å²) in [5.41, 5.74) is 4.37. The first kappa shape index (κ1) is 21.0. The van der Waals surface area contributed by atoms with Gasteiger partial charge in [-0.2, -0.15) is 5.26 Å². The SMILES string of the molecule is CN=C(NCc1ccc(C#N)cc1)NC1CCN(c2ccc(C)cc2)C1.I. The van der Waals surface area contributed by atoms with Crippen LogP contribution in [0.15, 0.2) is 53.5 Å². The number of nitrogens with zero attached hydrogens (tertiary/aromatic N) is 3. The summed E-state index contributed by atoms with van der Waals surface area (Å²) in [6.07, 6.45) is 1.09. The predicted molar refractivity (Wildman–Crippen MR) is 122 cm³/mol. The Bertz CT molecular complexity index is 793. The normalized spacial score (nSPS) is 16.4. The van der Waals surface area contributed by atoms with E-state index in [9.17, 15) is 0 Å². The Labute approximate surface area is 178 Å². The fraction of sp³-hybridized carbons (Fsp3) is 0.333. The zero-order valence-electron chi connectivity index (χ0n) is 15.8. The molecule has 5 nitrogen and oxygen atoms in total. The molecule has 2 aromatic rings. The van der Waals surface area contributed by atoms with Crippen LogP contribution in [0.4, 0.5) is 5.69 Å². The Morgan fingerprint density at radius 1 is 1.19 bits per heavy atom. The van der Waals surface area contributed by atoms with Crippen LogP contribution in [0.25, 0.3) is 0 Å².